The molecule has 2 heteroatoms. The number of carbonyl (C=O) groups is 1. The van der Waals surface area contributed by atoms with Crippen LogP contribution in [0.2, 0.25) is 0 Å². The van der Waals surface area contributed by atoms with Gasteiger partial charge in [0.1, 0.15) is 0 Å². The molecule has 2 rings (SSSR count). The molecule has 4 atom stereocenters. The van der Waals surface area contributed by atoms with Gasteiger partial charge >= 0.3 is 0 Å². The van der Waals surface area contributed by atoms with Crippen LogP contribution in [0.3, 0.4) is 0 Å². The summed E-state index contributed by atoms with van der Waals surface area (Å²) in [6, 6.07) is 0. The standard InChI is InChI=1S/C17H23O.Y/c1-13(7-4-5-12-18)15-9-10-16-14(2)8-6-11-17(15,16)3;/h2,12-13,15-16H,6-11H2,1,3H3;/q-1;/t13-,15+,16-,17+;/m0./s1. The van der Waals surface area contributed by atoms with E-state index >= 15 is 0 Å². The van der Waals surface area contributed by atoms with Crippen LogP contribution in [0.25, 0.3) is 0 Å². The van der Waals surface area contributed by atoms with E-state index in [0.717, 1.165) is 12.8 Å². The minimum atomic E-state index is 0. The average molecular weight is 332 g/mol. The maximum absolute atomic E-state index is 10.2. The van der Waals surface area contributed by atoms with Crippen LogP contribution in [-0.2, 0) is 37.5 Å². The molecule has 2 aliphatic rings. The van der Waals surface area contributed by atoms with Gasteiger partial charge in [0, 0.05) is 39.1 Å². The summed E-state index contributed by atoms with van der Waals surface area (Å²) in [5.74, 6) is 7.42. The van der Waals surface area contributed by atoms with E-state index in [1.165, 1.54) is 31.3 Å². The summed E-state index contributed by atoms with van der Waals surface area (Å²) in [6.45, 7) is 10.9. The second kappa shape index (κ2) is 7.19. The second-order valence-electron chi connectivity index (χ2n) is 6.29. The molecule has 0 saturated heterocycles. The molecule has 0 aromatic carbocycles. The molecule has 0 N–H and O–H groups in total. The molecule has 0 unspecified atom stereocenters. The molecule has 0 heterocycles. The molecule has 2 fully saturated rings. The van der Waals surface area contributed by atoms with Gasteiger partial charge in [-0.3, -0.25) is 10.4 Å². The predicted molar refractivity (Wildman–Crippen MR) is 73.6 cm³/mol. The van der Waals surface area contributed by atoms with Gasteiger partial charge in [0.2, 0.25) is 0 Å². The molecular formula is C17H23OY-. The van der Waals surface area contributed by atoms with Crippen molar-refractivity contribution in [2.24, 2.45) is 23.2 Å². The van der Waals surface area contributed by atoms with E-state index in [2.05, 4.69) is 25.7 Å². The van der Waals surface area contributed by atoms with E-state index in [1.54, 1.807) is 0 Å². The first-order valence-electron chi connectivity index (χ1n) is 7.13. The van der Waals surface area contributed by atoms with Crippen LogP contribution in [-0.4, -0.2) is 6.29 Å². The van der Waals surface area contributed by atoms with Crippen molar-refractivity contribution in [3.63, 3.8) is 0 Å². The zero-order chi connectivity index (χ0) is 13.2. The van der Waals surface area contributed by atoms with Crippen molar-refractivity contribution in [2.45, 2.75) is 52.4 Å². The summed E-state index contributed by atoms with van der Waals surface area (Å²) in [7, 11) is 0. The number of allylic oxidation sites excluding steroid dienone is 1. The van der Waals surface area contributed by atoms with Crippen molar-refractivity contribution < 1.29 is 37.5 Å². The molecule has 0 aromatic heterocycles. The number of rotatable bonds is 2. The van der Waals surface area contributed by atoms with Crippen molar-refractivity contribution in [3.8, 4) is 11.8 Å². The fourth-order valence-electron chi connectivity index (χ4n) is 4.42. The SMILES string of the molecule is [CH-]=C1CCC[C@]2(C)[C@@H]([C@@H](C)CC#CC=O)CC[C@@H]12.[Y]. The van der Waals surface area contributed by atoms with Crippen molar-refractivity contribution in [2.75, 3.05) is 0 Å². The van der Waals surface area contributed by atoms with E-state index in [0.29, 0.717) is 29.5 Å². The van der Waals surface area contributed by atoms with Gasteiger partial charge in [-0.25, -0.2) is 0 Å². The maximum Gasteiger partial charge on any atom is 0.192 e. The van der Waals surface area contributed by atoms with Gasteiger partial charge in [0.25, 0.3) is 0 Å². The Morgan fingerprint density at radius 2 is 2.26 bits per heavy atom. The first-order valence-corrected chi connectivity index (χ1v) is 7.13. The van der Waals surface area contributed by atoms with Crippen LogP contribution in [0.4, 0.5) is 0 Å². The Balaban J connectivity index is 0.00000180. The minimum Gasteiger partial charge on any atom is -0.514 e. The largest absolute Gasteiger partial charge is 0.514 e. The molecule has 1 radical (unpaired) electrons. The molecule has 19 heavy (non-hydrogen) atoms. The average Bonchev–Trinajstić information content (AvgIpc) is 2.68. The fourth-order valence-corrected chi connectivity index (χ4v) is 4.42. The van der Waals surface area contributed by atoms with Crippen LogP contribution in [0.15, 0.2) is 5.57 Å². The predicted octanol–water partition coefficient (Wildman–Crippen LogP) is 3.79. The zero-order valence-electron chi connectivity index (χ0n) is 12.1. The van der Waals surface area contributed by atoms with Gasteiger partial charge < -0.3 is 6.58 Å². The minimum absolute atomic E-state index is 0. The van der Waals surface area contributed by atoms with Gasteiger partial charge in [-0.15, -0.1) is 0 Å². The molecule has 101 valence electrons. The molecule has 2 aliphatic carbocycles. The van der Waals surface area contributed by atoms with Crippen LogP contribution in [0.5, 0.6) is 0 Å². The number of hydrogen-bond donors (Lipinski definition) is 0. The van der Waals surface area contributed by atoms with Crippen molar-refractivity contribution in [1.29, 1.82) is 0 Å². The number of hydrogen-bond acceptors (Lipinski definition) is 1. The Morgan fingerprint density at radius 1 is 1.53 bits per heavy atom. The Morgan fingerprint density at radius 3 is 2.95 bits per heavy atom. The second-order valence-corrected chi connectivity index (χ2v) is 6.29. The molecular weight excluding hydrogens is 309 g/mol. The van der Waals surface area contributed by atoms with Gasteiger partial charge in [0.05, 0.1) is 0 Å². The van der Waals surface area contributed by atoms with E-state index in [9.17, 15) is 4.79 Å². The van der Waals surface area contributed by atoms with E-state index in [1.807, 2.05) is 0 Å². The van der Waals surface area contributed by atoms with Gasteiger partial charge in [-0.2, -0.15) is 0 Å². The molecule has 1 nitrogen and oxygen atoms in total. The smallest absolute Gasteiger partial charge is 0.192 e. The quantitative estimate of drug-likeness (QED) is 0.427. The number of fused-ring (bicyclic) bond motifs is 1. The Hall–Kier alpha value is 0.0739. The van der Waals surface area contributed by atoms with Crippen LogP contribution in [0.1, 0.15) is 52.4 Å². The Labute approximate surface area is 142 Å². The fraction of sp³-hybridized carbons (Fsp3) is 0.706. The summed E-state index contributed by atoms with van der Waals surface area (Å²) in [5.41, 5.74) is 1.61. The summed E-state index contributed by atoms with van der Waals surface area (Å²) in [4.78, 5) is 10.2. The van der Waals surface area contributed by atoms with Crippen molar-refractivity contribution in [1.82, 2.24) is 0 Å². The summed E-state index contributed by atoms with van der Waals surface area (Å²) in [6.07, 6.45) is 7.71. The van der Waals surface area contributed by atoms with Crippen molar-refractivity contribution >= 4 is 6.29 Å². The summed E-state index contributed by atoms with van der Waals surface area (Å²) < 4.78 is 0. The molecule has 0 spiro atoms. The number of aldehydes is 1. The van der Waals surface area contributed by atoms with Gasteiger partial charge in [0.15, 0.2) is 6.29 Å². The normalized spacial score (nSPS) is 34.5. The third kappa shape index (κ3) is 3.40. The third-order valence-electron chi connectivity index (χ3n) is 5.31. The van der Waals surface area contributed by atoms with E-state index in [-0.39, 0.29) is 32.7 Å². The molecule has 2 saturated carbocycles. The van der Waals surface area contributed by atoms with Crippen LogP contribution < -0.4 is 0 Å². The first kappa shape index (κ1) is 17.1. The topological polar surface area (TPSA) is 17.1 Å². The van der Waals surface area contributed by atoms with Gasteiger partial charge in [-0.05, 0) is 48.4 Å². The van der Waals surface area contributed by atoms with Crippen LogP contribution in [0, 0.1) is 41.6 Å². The zero-order valence-corrected chi connectivity index (χ0v) is 15.0. The maximum atomic E-state index is 10.2. The first-order chi connectivity index (χ1) is 8.59. The van der Waals surface area contributed by atoms with Crippen molar-refractivity contribution in [3.05, 3.63) is 12.2 Å². The Bertz CT molecular complexity index is 403. The molecule has 0 aliphatic heterocycles. The monoisotopic (exact) mass is 332 g/mol. The van der Waals surface area contributed by atoms with E-state index in [4.69, 9.17) is 6.58 Å². The van der Waals surface area contributed by atoms with Crippen LogP contribution >= 0.6 is 0 Å². The molecule has 0 bridgehead atoms. The third-order valence-corrected chi connectivity index (χ3v) is 5.31. The molecule has 0 amide bonds. The summed E-state index contributed by atoms with van der Waals surface area (Å²) >= 11 is 0. The number of carbonyl (C=O) groups excluding carboxylic acids is 1. The van der Waals surface area contributed by atoms with Gasteiger partial charge in [-0.1, -0.05) is 32.6 Å². The Kier molecular flexibility index (Phi) is 6.48. The molecule has 0 aromatic rings. The van der Waals surface area contributed by atoms with E-state index < -0.39 is 0 Å². The summed E-state index contributed by atoms with van der Waals surface area (Å²) in [5, 5.41) is 0.